The number of carboxylic acids is 1. The minimum absolute atomic E-state index is 0.0587. The molecule has 0 aliphatic rings. The smallest absolute Gasteiger partial charge is 0.340 e. The molecule has 74 valence electrons. The molecular weight excluding hydrogens is 190 g/mol. The van der Waals surface area contributed by atoms with E-state index in [1.807, 2.05) is 0 Å². The van der Waals surface area contributed by atoms with Crippen molar-refractivity contribution in [3.63, 3.8) is 0 Å². The van der Waals surface area contributed by atoms with Crippen LogP contribution in [0.3, 0.4) is 0 Å². The summed E-state index contributed by atoms with van der Waals surface area (Å²) in [4.78, 5) is 33.5. The first-order chi connectivity index (χ1) is 6.57. The summed E-state index contributed by atoms with van der Waals surface area (Å²) in [6.45, 7) is 1.36. The van der Waals surface area contributed by atoms with Crippen molar-refractivity contribution >= 4 is 18.0 Å². The lowest BCUT2D eigenvalue weighted by Crippen LogP contribution is -2.01. The normalized spacial score (nSPS) is 10.8. The number of carboxylic acid groups (broad SMARTS) is 1. The maximum atomic E-state index is 10.9. The number of carbonyl (C=O) groups excluding carboxylic acids is 2. The third kappa shape index (κ3) is 5.45. The Kier molecular flexibility index (Phi) is 5.34. The van der Waals surface area contributed by atoms with E-state index in [-0.39, 0.29) is 5.57 Å². The van der Waals surface area contributed by atoms with E-state index < -0.39 is 11.9 Å². The Morgan fingerprint density at radius 2 is 2.14 bits per heavy atom. The van der Waals surface area contributed by atoms with Crippen molar-refractivity contribution in [3.8, 4) is 0 Å². The van der Waals surface area contributed by atoms with E-state index in [4.69, 9.17) is 5.11 Å². The molecule has 0 aromatic carbocycles. The van der Waals surface area contributed by atoms with Crippen molar-refractivity contribution in [3.05, 3.63) is 24.1 Å². The largest absolute Gasteiger partial charge is 0.478 e. The second-order valence-corrected chi connectivity index (χ2v) is 2.08. The van der Waals surface area contributed by atoms with Crippen LogP contribution in [0.4, 0.5) is 0 Å². The fourth-order valence-corrected chi connectivity index (χ4v) is 0.423. The predicted octanol–water partition coefficient (Wildman–Crippen LogP) is 0.367. The van der Waals surface area contributed by atoms with Crippen LogP contribution in [0.25, 0.3) is 0 Å². The summed E-state index contributed by atoms with van der Waals surface area (Å²) in [5, 5.41) is 8.14. The Morgan fingerprint density at radius 1 is 1.50 bits per heavy atom. The van der Waals surface area contributed by atoms with E-state index in [1.165, 1.54) is 13.0 Å². The topological polar surface area (TPSA) is 93.0 Å². The first-order valence-corrected chi connectivity index (χ1v) is 3.42. The van der Waals surface area contributed by atoms with Crippen molar-refractivity contribution in [1.82, 2.24) is 0 Å². The summed E-state index contributed by atoms with van der Waals surface area (Å²) in [6, 6.07) is 0. The molecule has 0 bridgehead atoms. The fourth-order valence-electron chi connectivity index (χ4n) is 0.423. The highest BCUT2D eigenvalue weighted by Gasteiger charge is 2.02. The van der Waals surface area contributed by atoms with Crippen LogP contribution in [0.15, 0.2) is 29.1 Å². The first-order valence-electron chi connectivity index (χ1n) is 3.42. The Hall–Kier alpha value is -2.20. The lowest BCUT2D eigenvalue weighted by Gasteiger charge is -1.95. The van der Waals surface area contributed by atoms with Gasteiger partial charge in [-0.3, -0.25) is 0 Å². The number of esters is 1. The molecule has 0 heterocycles. The minimum Gasteiger partial charge on any atom is -0.478 e. The molecule has 0 aliphatic heterocycles. The van der Waals surface area contributed by atoms with Gasteiger partial charge in [0, 0.05) is 0 Å². The number of aliphatic carboxylic acids is 1. The molecular formula is C8H7NO5. The van der Waals surface area contributed by atoms with Gasteiger partial charge >= 0.3 is 11.9 Å². The van der Waals surface area contributed by atoms with E-state index in [0.717, 1.165) is 12.5 Å². The standard InChI is InChI=1S/C8H7NO5/c1-6(4-9-5-10)8(13)14-3-2-7(11)12/h2-4H,1H3,(H,11,12). The van der Waals surface area contributed by atoms with Gasteiger partial charge in [-0.25, -0.2) is 14.4 Å². The van der Waals surface area contributed by atoms with Crippen LogP contribution in [0.5, 0.6) is 0 Å². The van der Waals surface area contributed by atoms with Gasteiger partial charge < -0.3 is 9.84 Å². The summed E-state index contributed by atoms with van der Waals surface area (Å²) >= 11 is 0. The average Bonchev–Trinajstić information content (AvgIpc) is 2.13. The molecule has 0 aromatic heterocycles. The Balaban J connectivity index is 4.22. The Bertz CT molecular complexity index is 336. The van der Waals surface area contributed by atoms with Gasteiger partial charge in [-0.1, -0.05) is 0 Å². The summed E-state index contributed by atoms with van der Waals surface area (Å²) in [7, 11) is 0. The van der Waals surface area contributed by atoms with Crippen molar-refractivity contribution < 1.29 is 24.2 Å². The molecule has 0 unspecified atom stereocenters. The number of carbonyl (C=O) groups is 2. The lowest BCUT2D eigenvalue weighted by molar-refractivity contribution is -0.133. The number of hydrogen-bond acceptors (Lipinski definition) is 5. The van der Waals surface area contributed by atoms with Crippen molar-refractivity contribution in [2.75, 3.05) is 0 Å². The van der Waals surface area contributed by atoms with Crippen molar-refractivity contribution in [2.45, 2.75) is 6.92 Å². The number of ether oxygens (including phenoxy) is 1. The molecule has 0 atom stereocenters. The van der Waals surface area contributed by atoms with Gasteiger partial charge in [-0.2, -0.15) is 4.99 Å². The van der Waals surface area contributed by atoms with Crippen LogP contribution in [-0.2, 0) is 19.1 Å². The predicted molar refractivity (Wildman–Crippen MR) is 44.7 cm³/mol. The molecule has 0 rings (SSSR count). The molecule has 6 nitrogen and oxygen atoms in total. The Labute approximate surface area is 79.2 Å². The average molecular weight is 197 g/mol. The second-order valence-electron chi connectivity index (χ2n) is 2.08. The third-order valence-corrected chi connectivity index (χ3v) is 1.02. The SMILES string of the molecule is CC(=CN=C=O)C(=O)OC=CC(=O)O. The number of isocyanates is 1. The summed E-state index contributed by atoms with van der Waals surface area (Å²) in [5.74, 6) is -2.02. The van der Waals surface area contributed by atoms with Crippen LogP contribution in [-0.4, -0.2) is 23.1 Å². The maximum absolute atomic E-state index is 10.9. The van der Waals surface area contributed by atoms with Gasteiger partial charge in [-0.15, -0.1) is 0 Å². The van der Waals surface area contributed by atoms with Gasteiger partial charge in [0.25, 0.3) is 0 Å². The molecule has 0 amide bonds. The number of aliphatic imine (C=N–C) groups is 1. The zero-order chi connectivity index (χ0) is 11.0. The molecule has 0 aliphatic carbocycles. The monoisotopic (exact) mass is 197 g/mol. The molecule has 0 aromatic rings. The fraction of sp³-hybridized carbons (Fsp3) is 0.125. The lowest BCUT2D eigenvalue weighted by atomic mass is 10.3. The summed E-state index contributed by atoms with van der Waals surface area (Å²) in [5.41, 5.74) is 0.0587. The van der Waals surface area contributed by atoms with Crippen LogP contribution >= 0.6 is 0 Å². The molecule has 14 heavy (non-hydrogen) atoms. The molecule has 1 N–H and O–H groups in total. The second kappa shape index (κ2) is 6.33. The quantitative estimate of drug-likeness (QED) is 0.231. The van der Waals surface area contributed by atoms with Crippen LogP contribution in [0.1, 0.15) is 6.92 Å². The van der Waals surface area contributed by atoms with Gasteiger partial charge in [0.05, 0.1) is 17.8 Å². The number of hydrogen-bond donors (Lipinski definition) is 1. The molecule has 0 fully saturated rings. The van der Waals surface area contributed by atoms with Crippen LogP contribution in [0.2, 0.25) is 0 Å². The highest BCUT2D eigenvalue weighted by Crippen LogP contribution is 1.96. The highest BCUT2D eigenvalue weighted by molar-refractivity contribution is 5.88. The first kappa shape index (κ1) is 11.8. The van der Waals surface area contributed by atoms with E-state index in [1.54, 1.807) is 0 Å². The van der Waals surface area contributed by atoms with E-state index in [0.29, 0.717) is 6.08 Å². The zero-order valence-corrected chi connectivity index (χ0v) is 7.26. The summed E-state index contributed by atoms with van der Waals surface area (Å²) in [6.07, 6.45) is 3.56. The molecule has 0 saturated heterocycles. The van der Waals surface area contributed by atoms with Crippen LogP contribution in [0, 0.1) is 0 Å². The number of rotatable bonds is 4. The third-order valence-electron chi connectivity index (χ3n) is 1.02. The van der Waals surface area contributed by atoms with E-state index in [9.17, 15) is 14.4 Å². The molecule has 6 heteroatoms. The van der Waals surface area contributed by atoms with Gasteiger partial charge in [0.1, 0.15) is 6.26 Å². The minimum atomic E-state index is -1.23. The van der Waals surface area contributed by atoms with Crippen molar-refractivity contribution in [1.29, 1.82) is 0 Å². The van der Waals surface area contributed by atoms with Gasteiger partial charge in [0.2, 0.25) is 6.08 Å². The Morgan fingerprint density at radius 3 is 2.64 bits per heavy atom. The number of nitrogens with zero attached hydrogens (tertiary/aromatic N) is 1. The van der Waals surface area contributed by atoms with E-state index >= 15 is 0 Å². The van der Waals surface area contributed by atoms with Gasteiger partial charge in [0.15, 0.2) is 0 Å². The molecule has 0 radical (unpaired) electrons. The summed E-state index contributed by atoms with van der Waals surface area (Å²) < 4.78 is 4.35. The molecule has 0 saturated carbocycles. The van der Waals surface area contributed by atoms with Crippen molar-refractivity contribution in [2.24, 2.45) is 4.99 Å². The van der Waals surface area contributed by atoms with Gasteiger partial charge in [-0.05, 0) is 6.92 Å². The molecule has 0 spiro atoms. The van der Waals surface area contributed by atoms with E-state index in [2.05, 4.69) is 9.73 Å². The van der Waals surface area contributed by atoms with Crippen LogP contribution < -0.4 is 0 Å². The zero-order valence-electron chi connectivity index (χ0n) is 7.26. The highest BCUT2D eigenvalue weighted by atomic mass is 16.5. The maximum Gasteiger partial charge on any atom is 0.340 e.